The number of hydrogen-bond acceptors (Lipinski definition) is 7. The second-order valence-corrected chi connectivity index (χ2v) is 11.2. The first kappa shape index (κ1) is 24.2. The molecule has 5 rings (SSSR count). The van der Waals surface area contributed by atoms with Crippen molar-refractivity contribution in [3.63, 3.8) is 0 Å². The van der Waals surface area contributed by atoms with E-state index in [-0.39, 0.29) is 40.3 Å². The molecule has 0 aliphatic carbocycles. The molecule has 5 N–H and O–H groups in total. The van der Waals surface area contributed by atoms with E-state index in [1.807, 2.05) is 11.5 Å². The first-order valence-electron chi connectivity index (χ1n) is 11.8. The number of piperazine rings is 1. The predicted octanol–water partition coefficient (Wildman–Crippen LogP) is 1.43. The number of carbonyl (C=O) groups is 2. The van der Waals surface area contributed by atoms with Gasteiger partial charge in [-0.05, 0) is 57.2 Å². The van der Waals surface area contributed by atoms with Crippen LogP contribution in [0.2, 0.25) is 0 Å². The maximum absolute atomic E-state index is 13.1. The van der Waals surface area contributed by atoms with Gasteiger partial charge in [-0.2, -0.15) is 0 Å². The normalized spacial score (nSPS) is 22.3. The van der Waals surface area contributed by atoms with Crippen LogP contribution in [0.5, 0.6) is 0 Å². The third-order valence-corrected chi connectivity index (χ3v) is 7.54. The number of nitrogens with two attached hydrogens (primary N) is 1. The molecule has 0 saturated carbocycles. The molecule has 2 amide bonds. The molecule has 190 valence electrons. The van der Waals surface area contributed by atoms with Crippen LogP contribution in [0.15, 0.2) is 41.3 Å². The van der Waals surface area contributed by atoms with Crippen molar-refractivity contribution in [2.45, 2.75) is 43.8 Å². The van der Waals surface area contributed by atoms with Crippen LogP contribution < -0.4 is 26.0 Å². The van der Waals surface area contributed by atoms with Crippen molar-refractivity contribution in [2.24, 2.45) is 5.14 Å². The van der Waals surface area contributed by atoms with Crippen molar-refractivity contribution < 1.29 is 18.0 Å². The van der Waals surface area contributed by atoms with Gasteiger partial charge in [0.15, 0.2) is 0 Å². The molecule has 0 bridgehead atoms. The monoisotopic (exact) mass is 511 g/mol. The molecule has 1 aromatic carbocycles. The lowest BCUT2D eigenvalue weighted by atomic mass is 10.1. The smallest absolute Gasteiger partial charge is 0.274 e. The summed E-state index contributed by atoms with van der Waals surface area (Å²) in [6.07, 6.45) is 0. The lowest BCUT2D eigenvalue weighted by Crippen LogP contribution is -2.54. The van der Waals surface area contributed by atoms with Gasteiger partial charge in [-0.3, -0.25) is 9.59 Å². The van der Waals surface area contributed by atoms with Gasteiger partial charge in [0.05, 0.1) is 11.7 Å². The molecule has 3 atom stereocenters. The summed E-state index contributed by atoms with van der Waals surface area (Å²) in [4.78, 5) is 31.8. The first-order chi connectivity index (χ1) is 17.0. The van der Waals surface area contributed by atoms with Gasteiger partial charge in [0.1, 0.15) is 21.9 Å². The number of primary sulfonamides is 1. The number of carbonyl (C=O) groups excluding carboxylic acids is 2. The van der Waals surface area contributed by atoms with Crippen molar-refractivity contribution in [3.05, 3.63) is 47.8 Å². The Labute approximate surface area is 209 Å². The average Bonchev–Trinajstić information content (AvgIpc) is 3.20. The highest BCUT2D eigenvalue weighted by Gasteiger charge is 2.27. The highest BCUT2D eigenvalue weighted by molar-refractivity contribution is 7.89. The molecule has 4 heterocycles. The Kier molecular flexibility index (Phi) is 5.97. The van der Waals surface area contributed by atoms with Crippen molar-refractivity contribution in [2.75, 3.05) is 29.9 Å². The minimum absolute atomic E-state index is 0.0297. The van der Waals surface area contributed by atoms with E-state index in [4.69, 9.17) is 5.14 Å². The van der Waals surface area contributed by atoms with Gasteiger partial charge in [-0.1, -0.05) is 0 Å². The van der Waals surface area contributed by atoms with E-state index in [0.717, 1.165) is 5.39 Å². The van der Waals surface area contributed by atoms with Crippen molar-refractivity contribution in [1.29, 1.82) is 0 Å². The van der Waals surface area contributed by atoms with E-state index in [1.165, 1.54) is 6.07 Å². The molecule has 36 heavy (non-hydrogen) atoms. The number of pyridine rings is 1. The van der Waals surface area contributed by atoms with E-state index in [9.17, 15) is 18.0 Å². The second-order valence-electron chi connectivity index (χ2n) is 9.62. The third-order valence-electron chi connectivity index (χ3n) is 6.59. The lowest BCUT2D eigenvalue weighted by Gasteiger charge is -2.37. The summed E-state index contributed by atoms with van der Waals surface area (Å²) in [7, 11) is -4.13. The Balaban J connectivity index is 1.47. The van der Waals surface area contributed by atoms with Gasteiger partial charge in [-0.15, -0.1) is 0 Å². The van der Waals surface area contributed by atoms with Crippen molar-refractivity contribution >= 4 is 44.2 Å². The van der Waals surface area contributed by atoms with Crippen LogP contribution >= 0.6 is 0 Å². The fraction of sp³-hybridized carbons (Fsp3) is 0.375. The SMILES string of the molecule is C[C@@H]1CN(c2ccc(NC(=O)c3ccc4cc5n(c4n3)[C@H](C)CNC5=O)c(S(N)(=O)=O)c2)C[C@H](C)N1. The molecule has 1 fully saturated rings. The maximum atomic E-state index is 13.1. The Morgan fingerprint density at radius 3 is 2.53 bits per heavy atom. The molecular weight excluding hydrogens is 482 g/mol. The summed E-state index contributed by atoms with van der Waals surface area (Å²) in [5.74, 6) is -0.773. The summed E-state index contributed by atoms with van der Waals surface area (Å²) < 4.78 is 26.7. The number of hydrogen-bond donors (Lipinski definition) is 4. The van der Waals surface area contributed by atoms with Crippen LogP contribution in [-0.4, -0.2) is 61.5 Å². The summed E-state index contributed by atoms with van der Waals surface area (Å²) in [5, 5.41) is 15.2. The summed E-state index contributed by atoms with van der Waals surface area (Å²) >= 11 is 0. The van der Waals surface area contributed by atoms with E-state index in [2.05, 4.69) is 39.7 Å². The molecule has 1 saturated heterocycles. The number of nitrogens with zero attached hydrogens (tertiary/aromatic N) is 3. The largest absolute Gasteiger partial charge is 0.368 e. The Hall–Kier alpha value is -3.48. The highest BCUT2D eigenvalue weighted by Crippen LogP contribution is 2.29. The number of fused-ring (bicyclic) bond motifs is 3. The van der Waals surface area contributed by atoms with E-state index in [1.54, 1.807) is 30.3 Å². The predicted molar refractivity (Wildman–Crippen MR) is 137 cm³/mol. The Bertz CT molecular complexity index is 1470. The van der Waals surface area contributed by atoms with Crippen LogP contribution in [0.3, 0.4) is 0 Å². The molecule has 2 aliphatic heterocycles. The van der Waals surface area contributed by atoms with Crippen LogP contribution in [0.4, 0.5) is 11.4 Å². The van der Waals surface area contributed by atoms with Gasteiger partial charge in [-0.25, -0.2) is 18.5 Å². The number of nitrogens with one attached hydrogen (secondary N) is 3. The number of rotatable bonds is 4. The Morgan fingerprint density at radius 1 is 1.11 bits per heavy atom. The van der Waals surface area contributed by atoms with Gasteiger partial charge in [0.2, 0.25) is 10.0 Å². The number of anilines is 2. The fourth-order valence-corrected chi connectivity index (χ4v) is 5.75. The van der Waals surface area contributed by atoms with Gasteiger partial charge >= 0.3 is 0 Å². The van der Waals surface area contributed by atoms with Crippen LogP contribution in [0.25, 0.3) is 11.0 Å². The van der Waals surface area contributed by atoms with Crippen LogP contribution in [-0.2, 0) is 10.0 Å². The fourth-order valence-electron chi connectivity index (χ4n) is 5.04. The number of amides is 2. The molecular formula is C24H29N7O4S. The lowest BCUT2D eigenvalue weighted by molar-refractivity contribution is 0.0918. The molecule has 2 aromatic heterocycles. The number of benzene rings is 1. The quantitative estimate of drug-likeness (QED) is 0.414. The van der Waals surface area contributed by atoms with Gasteiger partial charge in [0.25, 0.3) is 11.8 Å². The minimum atomic E-state index is -4.13. The third kappa shape index (κ3) is 4.43. The van der Waals surface area contributed by atoms with Gasteiger partial charge in [0, 0.05) is 42.8 Å². The summed E-state index contributed by atoms with van der Waals surface area (Å²) in [6.45, 7) is 7.97. The molecule has 12 heteroatoms. The molecule has 11 nitrogen and oxygen atoms in total. The van der Waals surface area contributed by atoms with Gasteiger partial charge < -0.3 is 25.4 Å². The zero-order chi connectivity index (χ0) is 25.8. The summed E-state index contributed by atoms with van der Waals surface area (Å²) in [6, 6.07) is 10.3. The van der Waals surface area contributed by atoms with E-state index < -0.39 is 15.9 Å². The minimum Gasteiger partial charge on any atom is -0.368 e. The molecule has 0 unspecified atom stereocenters. The van der Waals surface area contributed by atoms with E-state index in [0.29, 0.717) is 36.7 Å². The average molecular weight is 512 g/mol. The Morgan fingerprint density at radius 2 is 1.83 bits per heavy atom. The topological polar surface area (TPSA) is 151 Å². The van der Waals surface area contributed by atoms with Crippen LogP contribution in [0.1, 0.15) is 47.8 Å². The second kappa shape index (κ2) is 8.87. The number of aromatic nitrogens is 2. The van der Waals surface area contributed by atoms with Crippen molar-refractivity contribution in [3.8, 4) is 0 Å². The summed E-state index contributed by atoms with van der Waals surface area (Å²) in [5.41, 5.74) is 1.88. The molecule has 3 aromatic rings. The number of sulfonamides is 1. The zero-order valence-corrected chi connectivity index (χ0v) is 21.1. The van der Waals surface area contributed by atoms with Crippen LogP contribution in [0, 0.1) is 0 Å². The highest BCUT2D eigenvalue weighted by atomic mass is 32.2. The molecule has 2 aliphatic rings. The van der Waals surface area contributed by atoms with Crippen molar-refractivity contribution in [1.82, 2.24) is 20.2 Å². The maximum Gasteiger partial charge on any atom is 0.274 e. The standard InChI is InChI=1S/C24H29N7O4S/c1-13-11-30(12-14(2)27-13)17-5-7-18(21(9-17)36(25,34)35)29-23(32)19-6-4-16-8-20-24(33)26-10-15(3)31(20)22(16)28-19/h4-9,13-15,27H,10-12H2,1-3H3,(H,26,33)(H,29,32)(H2,25,34,35)/t13-,14+,15-/m1/s1. The molecule has 0 radical (unpaired) electrons. The molecule has 0 spiro atoms. The van der Waals surface area contributed by atoms with E-state index >= 15 is 0 Å². The zero-order valence-electron chi connectivity index (χ0n) is 20.3. The first-order valence-corrected chi connectivity index (χ1v) is 13.4.